The van der Waals surface area contributed by atoms with Crippen molar-refractivity contribution in [2.75, 3.05) is 7.11 Å². The van der Waals surface area contributed by atoms with Gasteiger partial charge in [0.2, 0.25) is 0 Å². The van der Waals surface area contributed by atoms with Crippen molar-refractivity contribution >= 4 is 10.9 Å². The van der Waals surface area contributed by atoms with E-state index >= 15 is 0 Å². The van der Waals surface area contributed by atoms with E-state index in [4.69, 9.17) is 19.2 Å². The molecule has 158 valence electrons. The van der Waals surface area contributed by atoms with E-state index in [-0.39, 0.29) is 6.10 Å². The van der Waals surface area contributed by atoms with E-state index in [0.29, 0.717) is 28.7 Å². The summed E-state index contributed by atoms with van der Waals surface area (Å²) in [5.41, 5.74) is 4.18. The molecule has 0 bridgehead atoms. The Balaban J connectivity index is 1.85. The smallest absolute Gasteiger partial charge is 0.162 e. The quantitative estimate of drug-likeness (QED) is 0.391. The zero-order valence-corrected chi connectivity index (χ0v) is 18.3. The van der Waals surface area contributed by atoms with Gasteiger partial charge in [-0.05, 0) is 63.6 Å². The van der Waals surface area contributed by atoms with Crippen LogP contribution < -0.4 is 14.2 Å². The van der Waals surface area contributed by atoms with E-state index in [9.17, 15) is 0 Å². The summed E-state index contributed by atoms with van der Waals surface area (Å²) in [7, 11) is 1.62. The Bertz CT molecular complexity index is 1220. The largest absolute Gasteiger partial charge is 0.493 e. The highest BCUT2D eigenvalue weighted by atomic mass is 16.5. The van der Waals surface area contributed by atoms with E-state index in [0.717, 1.165) is 27.9 Å². The maximum Gasteiger partial charge on any atom is 0.162 e. The Morgan fingerprint density at radius 3 is 2.39 bits per heavy atom. The molecule has 6 heteroatoms. The standard InChI is InChI=1S/C25H25N3O3/c1-15(2)30-23-13-18-20(14-22(23)29-5)27-11-9-21(18)31-24-12-16(3)17(4)28-25(24)19-8-6-7-10-26-19/h6-15H,1-5H3. The summed E-state index contributed by atoms with van der Waals surface area (Å²) in [4.78, 5) is 13.7. The maximum atomic E-state index is 6.41. The molecule has 3 aromatic heterocycles. The average Bonchev–Trinajstić information content (AvgIpc) is 2.76. The number of hydrogen-bond acceptors (Lipinski definition) is 6. The molecule has 0 aliphatic carbocycles. The molecule has 0 saturated heterocycles. The Morgan fingerprint density at radius 1 is 0.839 bits per heavy atom. The molecule has 0 unspecified atom stereocenters. The van der Waals surface area contributed by atoms with Gasteiger partial charge in [-0.2, -0.15) is 0 Å². The number of aromatic nitrogens is 3. The zero-order valence-electron chi connectivity index (χ0n) is 18.3. The lowest BCUT2D eigenvalue weighted by Gasteiger charge is -2.17. The second-order valence-electron chi connectivity index (χ2n) is 7.55. The molecule has 3 heterocycles. The van der Waals surface area contributed by atoms with Gasteiger partial charge < -0.3 is 14.2 Å². The van der Waals surface area contributed by atoms with Crippen LogP contribution in [-0.4, -0.2) is 28.2 Å². The van der Waals surface area contributed by atoms with Crippen LogP contribution in [0.1, 0.15) is 25.1 Å². The van der Waals surface area contributed by atoms with Gasteiger partial charge in [0.1, 0.15) is 11.4 Å². The van der Waals surface area contributed by atoms with E-state index in [1.54, 1.807) is 19.5 Å². The number of nitrogens with zero attached hydrogens (tertiary/aromatic N) is 3. The molecule has 31 heavy (non-hydrogen) atoms. The molecular weight excluding hydrogens is 390 g/mol. The summed E-state index contributed by atoms with van der Waals surface area (Å²) in [5, 5.41) is 0.823. The number of methoxy groups -OCH3 is 1. The first-order chi connectivity index (χ1) is 15.0. The third-order valence-electron chi connectivity index (χ3n) is 4.91. The highest BCUT2D eigenvalue weighted by Gasteiger charge is 2.16. The fourth-order valence-electron chi connectivity index (χ4n) is 3.29. The number of ether oxygens (including phenoxy) is 3. The van der Waals surface area contributed by atoms with Crippen molar-refractivity contribution in [3.05, 3.63) is 66.1 Å². The summed E-state index contributed by atoms with van der Waals surface area (Å²) in [6, 6.07) is 13.3. The predicted molar refractivity (Wildman–Crippen MR) is 121 cm³/mol. The fraction of sp³-hybridized carbons (Fsp3) is 0.240. The van der Waals surface area contributed by atoms with Crippen LogP contribution in [0.15, 0.2) is 54.9 Å². The van der Waals surface area contributed by atoms with E-state index in [1.807, 2.05) is 70.2 Å². The van der Waals surface area contributed by atoms with Gasteiger partial charge in [-0.1, -0.05) is 6.07 Å². The third-order valence-corrected chi connectivity index (χ3v) is 4.91. The molecule has 0 aliphatic heterocycles. The highest BCUT2D eigenvalue weighted by molar-refractivity contribution is 5.88. The Kier molecular flexibility index (Phi) is 5.71. The van der Waals surface area contributed by atoms with Crippen LogP contribution in [0, 0.1) is 13.8 Å². The normalized spacial score (nSPS) is 11.0. The van der Waals surface area contributed by atoms with Crippen molar-refractivity contribution < 1.29 is 14.2 Å². The molecule has 0 amide bonds. The van der Waals surface area contributed by atoms with Gasteiger partial charge in [0.25, 0.3) is 0 Å². The SMILES string of the molecule is COc1cc2nccc(Oc3cc(C)c(C)nc3-c3ccccn3)c2cc1OC(C)C. The van der Waals surface area contributed by atoms with E-state index in [2.05, 4.69) is 9.97 Å². The van der Waals surface area contributed by atoms with Gasteiger partial charge in [-0.3, -0.25) is 9.97 Å². The van der Waals surface area contributed by atoms with Crippen LogP contribution in [0.3, 0.4) is 0 Å². The van der Waals surface area contributed by atoms with Crippen LogP contribution in [0.4, 0.5) is 0 Å². The fourth-order valence-corrected chi connectivity index (χ4v) is 3.29. The first-order valence-corrected chi connectivity index (χ1v) is 10.2. The van der Waals surface area contributed by atoms with Crippen molar-refractivity contribution in [1.29, 1.82) is 0 Å². The monoisotopic (exact) mass is 415 g/mol. The number of fused-ring (bicyclic) bond motifs is 1. The molecule has 0 N–H and O–H groups in total. The first-order valence-electron chi connectivity index (χ1n) is 10.2. The lowest BCUT2D eigenvalue weighted by molar-refractivity contribution is 0.230. The minimum absolute atomic E-state index is 0.00657. The van der Waals surface area contributed by atoms with Gasteiger partial charge in [-0.25, -0.2) is 4.98 Å². The molecular formula is C25H25N3O3. The summed E-state index contributed by atoms with van der Waals surface area (Å²) < 4.78 is 17.8. The molecule has 0 saturated carbocycles. The summed E-state index contributed by atoms with van der Waals surface area (Å²) in [6.45, 7) is 7.95. The van der Waals surface area contributed by atoms with Crippen molar-refractivity contribution in [1.82, 2.24) is 15.0 Å². The van der Waals surface area contributed by atoms with Crippen LogP contribution in [0.2, 0.25) is 0 Å². The zero-order chi connectivity index (χ0) is 22.0. The maximum absolute atomic E-state index is 6.41. The average molecular weight is 415 g/mol. The second-order valence-corrected chi connectivity index (χ2v) is 7.55. The molecule has 0 aliphatic rings. The van der Waals surface area contributed by atoms with Crippen molar-refractivity contribution in [2.45, 2.75) is 33.8 Å². The molecule has 0 radical (unpaired) electrons. The molecule has 0 atom stereocenters. The number of rotatable bonds is 6. The lowest BCUT2D eigenvalue weighted by atomic mass is 10.1. The highest BCUT2D eigenvalue weighted by Crippen LogP contribution is 2.39. The summed E-state index contributed by atoms with van der Waals surface area (Å²) in [5.74, 6) is 2.57. The second kappa shape index (κ2) is 8.60. The van der Waals surface area contributed by atoms with Gasteiger partial charge in [0.15, 0.2) is 17.2 Å². The number of benzene rings is 1. The molecule has 1 aromatic carbocycles. The van der Waals surface area contributed by atoms with Crippen LogP contribution in [0.5, 0.6) is 23.0 Å². The van der Waals surface area contributed by atoms with Crippen molar-refractivity contribution in [3.63, 3.8) is 0 Å². The van der Waals surface area contributed by atoms with Crippen LogP contribution in [-0.2, 0) is 0 Å². The van der Waals surface area contributed by atoms with Gasteiger partial charge in [0.05, 0.1) is 24.4 Å². The van der Waals surface area contributed by atoms with Crippen molar-refractivity contribution in [3.8, 4) is 34.4 Å². The van der Waals surface area contributed by atoms with Crippen LogP contribution in [0.25, 0.3) is 22.3 Å². The third kappa shape index (κ3) is 4.28. The molecule has 4 rings (SSSR count). The number of hydrogen-bond donors (Lipinski definition) is 0. The number of pyridine rings is 3. The minimum Gasteiger partial charge on any atom is -0.493 e. The van der Waals surface area contributed by atoms with Crippen LogP contribution >= 0.6 is 0 Å². The molecule has 4 aromatic rings. The first kappa shape index (κ1) is 20.6. The summed E-state index contributed by atoms with van der Waals surface area (Å²) in [6.07, 6.45) is 3.47. The molecule has 0 spiro atoms. The molecule has 6 nitrogen and oxygen atoms in total. The van der Waals surface area contributed by atoms with E-state index in [1.165, 1.54) is 0 Å². The minimum atomic E-state index is 0.00657. The lowest BCUT2D eigenvalue weighted by Crippen LogP contribution is -2.07. The Labute approximate surface area is 181 Å². The van der Waals surface area contributed by atoms with Gasteiger partial charge in [0, 0.05) is 29.5 Å². The Hall–Kier alpha value is -3.67. The van der Waals surface area contributed by atoms with Gasteiger partial charge >= 0.3 is 0 Å². The topological polar surface area (TPSA) is 66.4 Å². The number of aryl methyl sites for hydroxylation is 2. The van der Waals surface area contributed by atoms with E-state index < -0.39 is 0 Å². The summed E-state index contributed by atoms with van der Waals surface area (Å²) >= 11 is 0. The molecule has 0 fully saturated rings. The van der Waals surface area contributed by atoms with Gasteiger partial charge in [-0.15, -0.1) is 0 Å². The van der Waals surface area contributed by atoms with Crippen molar-refractivity contribution in [2.24, 2.45) is 0 Å². The predicted octanol–water partition coefficient (Wildman–Crippen LogP) is 5.90. The Morgan fingerprint density at radius 2 is 1.68 bits per heavy atom.